The Morgan fingerprint density at radius 1 is 1.60 bits per heavy atom. The van der Waals surface area contributed by atoms with Crippen molar-refractivity contribution < 1.29 is 9.90 Å². The van der Waals surface area contributed by atoms with E-state index >= 15 is 0 Å². The molecule has 1 unspecified atom stereocenters. The molecule has 0 fully saturated rings. The van der Waals surface area contributed by atoms with Crippen LogP contribution in [0.5, 0.6) is 0 Å². The summed E-state index contributed by atoms with van der Waals surface area (Å²) in [4.78, 5) is 8.33. The van der Waals surface area contributed by atoms with E-state index in [-0.39, 0.29) is 0 Å². The third-order valence-corrected chi connectivity index (χ3v) is 2.51. The monoisotopic (exact) mass is 225 g/mol. The number of carboxylic acids is 1. The van der Waals surface area contributed by atoms with Gasteiger partial charge in [-0.05, 0) is 23.6 Å². The number of nitrogens with zero attached hydrogens (tertiary/aromatic N) is 1. The molecule has 0 aromatic heterocycles. The number of rotatable bonds is 3. The second-order valence-corrected chi connectivity index (χ2v) is 3.17. The number of hydrogen-bond acceptors (Lipinski definition) is 2. The minimum atomic E-state index is -1.94. The Labute approximate surface area is 77.6 Å². The van der Waals surface area contributed by atoms with Gasteiger partial charge in [0.2, 0.25) is 5.00 Å². The highest BCUT2D eigenvalue weighted by molar-refractivity contribution is 6.46. The average molecular weight is 227 g/mol. The van der Waals surface area contributed by atoms with Crippen LogP contribution >= 0.6 is 46.8 Å². The predicted octanol–water partition coefficient (Wildman–Crippen LogP) is 1.85. The van der Waals surface area contributed by atoms with Crippen LogP contribution in [0.3, 0.4) is 0 Å². The van der Waals surface area contributed by atoms with Gasteiger partial charge in [-0.2, -0.15) is 0 Å². The number of carbonyl (C=O) groups is 1. The van der Waals surface area contributed by atoms with Gasteiger partial charge in [0, 0.05) is 0 Å². The lowest BCUT2D eigenvalue weighted by atomic mass is 10.4. The quantitative estimate of drug-likeness (QED) is 0.454. The number of halogens is 4. The zero-order chi connectivity index (χ0) is 8.36. The summed E-state index contributed by atoms with van der Waals surface area (Å²) >= 11 is 20.7. The van der Waals surface area contributed by atoms with Crippen molar-refractivity contribution in [2.24, 2.45) is 0 Å². The van der Waals surface area contributed by atoms with Gasteiger partial charge in [0.1, 0.15) is 0 Å². The topological polar surface area (TPSA) is 40.5 Å². The number of hydrogen-bond donors (Lipinski definition) is 1. The Kier molecular flexibility index (Phi) is 4.06. The summed E-state index contributed by atoms with van der Waals surface area (Å²) in [6.07, 6.45) is 0. The molecule has 1 N–H and O–H groups in total. The second kappa shape index (κ2) is 3.83. The van der Waals surface area contributed by atoms with Crippen molar-refractivity contribution in [2.45, 2.75) is 5.00 Å². The summed E-state index contributed by atoms with van der Waals surface area (Å²) < 4.78 is 0.296. The van der Waals surface area contributed by atoms with Gasteiger partial charge in [0.15, 0.2) is 0 Å². The van der Waals surface area contributed by atoms with E-state index in [1.54, 1.807) is 0 Å². The van der Waals surface area contributed by atoms with E-state index in [0.29, 0.717) is 3.94 Å². The molecule has 0 saturated heterocycles. The van der Waals surface area contributed by atoms with E-state index in [1.807, 2.05) is 0 Å². The summed E-state index contributed by atoms with van der Waals surface area (Å²) in [6, 6.07) is 0. The van der Waals surface area contributed by atoms with Crippen LogP contribution in [0.2, 0.25) is 0 Å². The third kappa shape index (κ3) is 2.04. The highest BCUT2D eigenvalue weighted by atomic mass is 35.5. The molecule has 0 aliphatic heterocycles. The number of aliphatic carboxylic acids is 1. The molecule has 10 heavy (non-hydrogen) atoms. The summed E-state index contributed by atoms with van der Waals surface area (Å²) in [5.41, 5.74) is 0. The van der Waals surface area contributed by atoms with E-state index in [0.717, 1.165) is 0 Å². The fourth-order valence-electron chi connectivity index (χ4n) is 0.175. The van der Waals surface area contributed by atoms with Crippen molar-refractivity contribution in [2.75, 3.05) is 5.88 Å². The molecule has 3 nitrogen and oxygen atoms in total. The van der Waals surface area contributed by atoms with Crippen molar-refractivity contribution in [1.29, 1.82) is 0 Å². The minimum absolute atomic E-state index is 0.296. The first-order valence-corrected chi connectivity index (χ1v) is 3.64. The van der Waals surface area contributed by atoms with Crippen LogP contribution in [0.25, 0.3) is 0 Å². The van der Waals surface area contributed by atoms with Gasteiger partial charge in [0.05, 0.1) is 5.88 Å². The van der Waals surface area contributed by atoms with Gasteiger partial charge in [-0.25, -0.2) is 4.79 Å². The first-order chi connectivity index (χ1) is 4.45. The van der Waals surface area contributed by atoms with Crippen molar-refractivity contribution in [3.8, 4) is 0 Å². The molecule has 0 heterocycles. The molecule has 0 bridgehead atoms. The van der Waals surface area contributed by atoms with E-state index < -0.39 is 16.8 Å². The maximum Gasteiger partial charge on any atom is 0.343 e. The lowest BCUT2D eigenvalue weighted by molar-refractivity contribution is -0.141. The maximum atomic E-state index is 10.3. The predicted molar refractivity (Wildman–Crippen MR) is 40.5 cm³/mol. The molecule has 0 amide bonds. The third-order valence-electron chi connectivity index (χ3n) is 0.773. The van der Waals surface area contributed by atoms with Crippen molar-refractivity contribution in [3.63, 3.8) is 0 Å². The molecule has 0 aliphatic rings. The van der Waals surface area contributed by atoms with Gasteiger partial charge in [-0.1, -0.05) is 15.5 Å². The summed E-state index contributed by atoms with van der Waals surface area (Å²) in [5.74, 6) is -1.80. The maximum absolute atomic E-state index is 10.3. The molecule has 7 heteroatoms. The molecule has 0 aliphatic carbocycles. The molecule has 0 spiro atoms. The number of carboxylic acid groups (broad SMARTS) is 1. The zero-order valence-electron chi connectivity index (χ0n) is 4.52. The van der Waals surface area contributed by atoms with Gasteiger partial charge in [0.25, 0.3) is 0 Å². The van der Waals surface area contributed by atoms with Crippen LogP contribution in [0, 0.1) is 0 Å². The first-order valence-electron chi connectivity index (χ1n) is 2.05. The van der Waals surface area contributed by atoms with Crippen LogP contribution in [0.15, 0.2) is 0 Å². The Morgan fingerprint density at radius 3 is 2.00 bits per heavy atom. The second-order valence-electron chi connectivity index (χ2n) is 1.43. The zero-order valence-corrected chi connectivity index (χ0v) is 7.55. The molecule has 1 atom stereocenters. The Bertz CT molecular complexity index is 140. The number of alkyl halides is 2. The Balaban J connectivity index is 4.38. The average Bonchev–Trinajstić information content (AvgIpc) is 1.85. The lowest BCUT2D eigenvalue weighted by Crippen LogP contribution is -2.42. The lowest BCUT2D eigenvalue weighted by Gasteiger charge is -2.21. The van der Waals surface area contributed by atoms with Crippen molar-refractivity contribution >= 4 is 52.7 Å². The molecule has 0 radical (unpaired) electrons. The van der Waals surface area contributed by atoms with E-state index in [1.165, 1.54) is 0 Å². The van der Waals surface area contributed by atoms with E-state index in [9.17, 15) is 4.79 Å². The smallest absolute Gasteiger partial charge is 0.343 e. The van der Waals surface area contributed by atoms with Gasteiger partial charge in [-0.15, -0.1) is 11.6 Å². The standard InChI is InChI=1S/C3H3Cl4NO2/c4-1-3(5,2(9)10)8(6)7/h1H2,(H,9,10). The van der Waals surface area contributed by atoms with Gasteiger partial charge in [-0.3, -0.25) is 0 Å². The van der Waals surface area contributed by atoms with Gasteiger partial charge < -0.3 is 5.11 Å². The summed E-state index contributed by atoms with van der Waals surface area (Å²) in [7, 11) is 0. The van der Waals surface area contributed by atoms with Crippen LogP contribution in [0.4, 0.5) is 0 Å². The van der Waals surface area contributed by atoms with E-state index in [4.69, 9.17) is 51.9 Å². The SMILES string of the molecule is O=C(O)C(Cl)(CCl)N(Cl)Cl. The van der Waals surface area contributed by atoms with Crippen LogP contribution in [-0.2, 0) is 4.79 Å². The summed E-state index contributed by atoms with van der Waals surface area (Å²) in [6.45, 7) is 0. The Morgan fingerprint density at radius 2 is 2.00 bits per heavy atom. The van der Waals surface area contributed by atoms with Crippen molar-refractivity contribution in [1.82, 2.24) is 3.94 Å². The Hall–Kier alpha value is 0.590. The summed E-state index contributed by atoms with van der Waals surface area (Å²) in [5, 5.41) is 8.38. The van der Waals surface area contributed by atoms with E-state index in [2.05, 4.69) is 0 Å². The van der Waals surface area contributed by atoms with Crippen LogP contribution < -0.4 is 0 Å². The molecule has 60 valence electrons. The fraction of sp³-hybridized carbons (Fsp3) is 0.667. The van der Waals surface area contributed by atoms with Gasteiger partial charge >= 0.3 is 5.97 Å². The first kappa shape index (κ1) is 10.6. The highest BCUT2D eigenvalue weighted by Crippen LogP contribution is 2.27. The fourth-order valence-corrected chi connectivity index (χ4v) is 0.795. The van der Waals surface area contributed by atoms with Crippen LogP contribution in [-0.4, -0.2) is 25.9 Å². The van der Waals surface area contributed by atoms with Crippen LogP contribution in [0.1, 0.15) is 0 Å². The highest BCUT2D eigenvalue weighted by Gasteiger charge is 2.41. The minimum Gasteiger partial charge on any atom is -0.479 e. The van der Waals surface area contributed by atoms with Crippen molar-refractivity contribution in [3.05, 3.63) is 0 Å². The molecular weight excluding hydrogens is 224 g/mol. The molecular formula is C3H3Cl4NO2. The largest absolute Gasteiger partial charge is 0.479 e. The molecule has 0 rings (SSSR count). The molecule has 0 aromatic carbocycles. The molecule has 0 aromatic rings. The normalized spacial score (nSPS) is 16.9. The molecule has 0 saturated carbocycles.